The van der Waals surface area contributed by atoms with Crippen LogP contribution in [0.1, 0.15) is 110 Å². The van der Waals surface area contributed by atoms with Crippen molar-refractivity contribution in [1.29, 1.82) is 0 Å². The van der Waals surface area contributed by atoms with Crippen LogP contribution in [-0.4, -0.2) is 34.9 Å². The van der Waals surface area contributed by atoms with E-state index in [0.29, 0.717) is 32.1 Å². The average Bonchev–Trinajstić information content (AvgIpc) is 2.70. The Balaban J connectivity index is 1.93. The summed E-state index contributed by atoms with van der Waals surface area (Å²) in [5.41, 5.74) is 0. The first-order valence-electron chi connectivity index (χ1n) is 11.6. The van der Waals surface area contributed by atoms with E-state index in [0.717, 1.165) is 12.8 Å². The normalized spacial score (nSPS) is 20.6. The van der Waals surface area contributed by atoms with Crippen LogP contribution in [0, 0.1) is 11.8 Å². The molecule has 1 aliphatic rings. The summed E-state index contributed by atoms with van der Waals surface area (Å²) in [6, 6.07) is 0. The van der Waals surface area contributed by atoms with Crippen molar-refractivity contribution in [3.8, 4) is 0 Å². The van der Waals surface area contributed by atoms with Crippen LogP contribution in [0.15, 0.2) is 0 Å². The van der Waals surface area contributed by atoms with Gasteiger partial charge in [-0.15, -0.1) is 0 Å². The largest absolute Gasteiger partial charge is 0.481 e. The molecule has 0 saturated heterocycles. The molecule has 0 aromatic carbocycles. The van der Waals surface area contributed by atoms with Gasteiger partial charge in [-0.05, 0) is 32.1 Å². The van der Waals surface area contributed by atoms with E-state index >= 15 is 0 Å². The van der Waals surface area contributed by atoms with Crippen LogP contribution >= 0.6 is 0 Å². The van der Waals surface area contributed by atoms with Crippen molar-refractivity contribution in [3.63, 3.8) is 0 Å². The van der Waals surface area contributed by atoms with Crippen LogP contribution in [0.25, 0.3) is 0 Å². The van der Waals surface area contributed by atoms with E-state index in [1.807, 2.05) is 0 Å². The highest BCUT2D eigenvalue weighted by molar-refractivity contribution is 5.74. The number of ether oxygens (including phenoxy) is 1. The van der Waals surface area contributed by atoms with Crippen LogP contribution in [0.2, 0.25) is 0 Å². The number of carboxylic acid groups (broad SMARTS) is 1. The molecule has 0 bridgehead atoms. The van der Waals surface area contributed by atoms with Gasteiger partial charge in [0.15, 0.2) is 0 Å². The smallest absolute Gasteiger partial charge is 0.309 e. The summed E-state index contributed by atoms with van der Waals surface area (Å²) in [5, 5.41) is 19.0. The predicted octanol–water partition coefficient (Wildman–Crippen LogP) is 5.48. The van der Waals surface area contributed by atoms with E-state index < -0.39 is 12.1 Å². The molecule has 5 nitrogen and oxygen atoms in total. The number of carbonyl (C=O) groups is 2. The summed E-state index contributed by atoms with van der Waals surface area (Å²) in [7, 11) is 0. The molecular weight excluding hydrogens is 356 g/mol. The minimum Gasteiger partial charge on any atom is -0.481 e. The zero-order valence-electron chi connectivity index (χ0n) is 17.9. The first-order chi connectivity index (χ1) is 13.5. The van der Waals surface area contributed by atoms with E-state index in [2.05, 4.69) is 6.92 Å². The number of hydrogen-bond donors (Lipinski definition) is 2. The second-order valence-electron chi connectivity index (χ2n) is 8.49. The number of aliphatic hydroxyl groups is 1. The third kappa shape index (κ3) is 11.7. The number of carbonyl (C=O) groups excluding carboxylic acids is 1. The minimum absolute atomic E-state index is 0.0649. The van der Waals surface area contributed by atoms with E-state index in [4.69, 9.17) is 9.84 Å². The summed E-state index contributed by atoms with van der Waals surface area (Å²) in [4.78, 5) is 23.0. The Labute approximate surface area is 171 Å². The van der Waals surface area contributed by atoms with Crippen LogP contribution in [0.3, 0.4) is 0 Å². The van der Waals surface area contributed by atoms with Crippen molar-refractivity contribution >= 4 is 11.9 Å². The molecule has 0 spiro atoms. The molecule has 0 aromatic rings. The fourth-order valence-electron chi connectivity index (χ4n) is 4.00. The molecule has 0 aromatic heterocycles. The molecule has 0 aliphatic heterocycles. The fraction of sp³-hybridized carbons (Fsp3) is 0.913. The average molecular weight is 399 g/mol. The second-order valence-corrected chi connectivity index (χ2v) is 8.49. The number of aliphatic carboxylic acids is 1. The molecule has 1 fully saturated rings. The standard InChI is InChI=1S/C23H42O5/c1-2-3-4-5-6-7-8-9-10-11-12-13-21(24)18-28-23(27)20-16-14-19(15-17-20)22(25)26/h19-21,24H,2-18H2,1H3,(H,25,26). The van der Waals surface area contributed by atoms with Crippen molar-refractivity contribution in [3.05, 3.63) is 0 Å². The molecule has 164 valence electrons. The topological polar surface area (TPSA) is 83.8 Å². The van der Waals surface area contributed by atoms with Crippen LogP contribution < -0.4 is 0 Å². The fourth-order valence-corrected chi connectivity index (χ4v) is 4.00. The van der Waals surface area contributed by atoms with Crippen molar-refractivity contribution in [2.75, 3.05) is 6.61 Å². The maximum atomic E-state index is 12.1. The lowest BCUT2D eigenvalue weighted by atomic mass is 9.82. The van der Waals surface area contributed by atoms with Gasteiger partial charge in [0.25, 0.3) is 0 Å². The lowest BCUT2D eigenvalue weighted by Crippen LogP contribution is -2.29. The van der Waals surface area contributed by atoms with E-state index in [1.54, 1.807) is 0 Å². The quantitative estimate of drug-likeness (QED) is 0.265. The Bertz CT molecular complexity index is 415. The Morgan fingerprint density at radius 2 is 1.29 bits per heavy atom. The van der Waals surface area contributed by atoms with Crippen molar-refractivity contribution in [2.45, 2.75) is 116 Å². The summed E-state index contributed by atoms with van der Waals surface area (Å²) in [6.45, 7) is 2.31. The van der Waals surface area contributed by atoms with E-state index in [-0.39, 0.29) is 24.4 Å². The lowest BCUT2D eigenvalue weighted by Gasteiger charge is -2.25. The zero-order valence-corrected chi connectivity index (χ0v) is 17.9. The molecule has 1 rings (SSSR count). The zero-order chi connectivity index (χ0) is 20.6. The summed E-state index contributed by atoms with van der Waals surface area (Å²) < 4.78 is 5.25. The molecule has 2 N–H and O–H groups in total. The van der Waals surface area contributed by atoms with Gasteiger partial charge >= 0.3 is 11.9 Å². The first kappa shape index (κ1) is 24.9. The van der Waals surface area contributed by atoms with Gasteiger partial charge in [0, 0.05) is 0 Å². The number of rotatable bonds is 16. The third-order valence-electron chi connectivity index (χ3n) is 5.97. The van der Waals surface area contributed by atoms with Crippen molar-refractivity contribution in [1.82, 2.24) is 0 Å². The van der Waals surface area contributed by atoms with Crippen molar-refractivity contribution in [2.24, 2.45) is 11.8 Å². The van der Waals surface area contributed by atoms with Gasteiger partial charge in [0.05, 0.1) is 17.9 Å². The van der Waals surface area contributed by atoms with Gasteiger partial charge in [-0.2, -0.15) is 0 Å². The first-order valence-corrected chi connectivity index (χ1v) is 11.6. The number of hydrogen-bond acceptors (Lipinski definition) is 4. The number of unbranched alkanes of at least 4 members (excludes halogenated alkanes) is 10. The lowest BCUT2D eigenvalue weighted by molar-refractivity contribution is -0.155. The molecule has 1 aliphatic carbocycles. The highest BCUT2D eigenvalue weighted by atomic mass is 16.5. The van der Waals surface area contributed by atoms with Crippen molar-refractivity contribution < 1.29 is 24.5 Å². The molecule has 5 heteroatoms. The Kier molecular flexibility index (Phi) is 14.1. The summed E-state index contributed by atoms with van der Waals surface area (Å²) in [5.74, 6) is -1.57. The Morgan fingerprint density at radius 1 is 0.821 bits per heavy atom. The molecule has 0 amide bonds. The molecule has 1 saturated carbocycles. The minimum atomic E-state index is -0.769. The summed E-state index contributed by atoms with van der Waals surface area (Å²) >= 11 is 0. The van der Waals surface area contributed by atoms with Gasteiger partial charge in [-0.1, -0.05) is 77.6 Å². The third-order valence-corrected chi connectivity index (χ3v) is 5.97. The van der Waals surface area contributed by atoms with Gasteiger partial charge in [0.1, 0.15) is 6.61 Å². The van der Waals surface area contributed by atoms with Gasteiger partial charge < -0.3 is 14.9 Å². The highest BCUT2D eigenvalue weighted by Crippen LogP contribution is 2.29. The van der Waals surface area contributed by atoms with Crippen LogP contribution in [-0.2, 0) is 14.3 Å². The van der Waals surface area contributed by atoms with Crippen LogP contribution in [0.5, 0.6) is 0 Å². The number of esters is 1. The molecule has 1 atom stereocenters. The number of carboxylic acids is 1. The maximum absolute atomic E-state index is 12.1. The van der Waals surface area contributed by atoms with Crippen LogP contribution in [0.4, 0.5) is 0 Å². The predicted molar refractivity (Wildman–Crippen MR) is 111 cm³/mol. The van der Waals surface area contributed by atoms with Gasteiger partial charge in [-0.25, -0.2) is 0 Å². The van der Waals surface area contributed by atoms with Gasteiger partial charge in [-0.3, -0.25) is 9.59 Å². The Morgan fingerprint density at radius 3 is 1.79 bits per heavy atom. The molecule has 1 unspecified atom stereocenters. The SMILES string of the molecule is CCCCCCCCCCCCCC(O)COC(=O)C1CCC(C(=O)O)CC1. The number of aliphatic hydroxyl groups excluding tert-OH is 1. The monoisotopic (exact) mass is 398 g/mol. The van der Waals surface area contributed by atoms with Gasteiger partial charge in [0.2, 0.25) is 0 Å². The molecule has 0 heterocycles. The summed E-state index contributed by atoms with van der Waals surface area (Å²) in [6.07, 6.45) is 16.3. The molecular formula is C23H42O5. The van der Waals surface area contributed by atoms with E-state index in [9.17, 15) is 14.7 Å². The second kappa shape index (κ2) is 15.8. The highest BCUT2D eigenvalue weighted by Gasteiger charge is 2.30. The molecule has 28 heavy (non-hydrogen) atoms. The maximum Gasteiger partial charge on any atom is 0.309 e. The molecule has 0 radical (unpaired) electrons. The Hall–Kier alpha value is -1.10. The van der Waals surface area contributed by atoms with E-state index in [1.165, 1.54) is 57.8 Å².